The number of nitrogens with zero attached hydrogens (tertiary/aromatic N) is 3. The van der Waals surface area contributed by atoms with Crippen LogP contribution in [0.3, 0.4) is 0 Å². The van der Waals surface area contributed by atoms with E-state index in [1.165, 1.54) is 0 Å². The van der Waals surface area contributed by atoms with E-state index in [9.17, 15) is 10.1 Å². The van der Waals surface area contributed by atoms with Crippen LogP contribution in [0.2, 0.25) is 5.02 Å². The molecule has 0 amide bonds. The van der Waals surface area contributed by atoms with Crippen LogP contribution in [0.25, 0.3) is 0 Å². The molecule has 2 aromatic rings. The summed E-state index contributed by atoms with van der Waals surface area (Å²) in [6.07, 6.45) is 0. The fourth-order valence-electron chi connectivity index (χ4n) is 1.95. The highest BCUT2D eigenvalue weighted by Gasteiger charge is 2.21. The maximum Gasteiger partial charge on any atom is 0.312 e. The van der Waals surface area contributed by atoms with Crippen LogP contribution in [0.4, 0.5) is 5.69 Å². The number of halogens is 1. The maximum atomic E-state index is 10.9. The van der Waals surface area contributed by atoms with Gasteiger partial charge in [0.25, 0.3) is 0 Å². The molecule has 1 aromatic heterocycles. The maximum absolute atomic E-state index is 10.9. The van der Waals surface area contributed by atoms with Crippen LogP contribution < -0.4 is 0 Å². The van der Waals surface area contributed by atoms with Crippen molar-refractivity contribution in [2.24, 2.45) is 0 Å². The molecule has 0 bridgehead atoms. The van der Waals surface area contributed by atoms with Crippen molar-refractivity contribution in [3.05, 3.63) is 50.8 Å². The minimum absolute atomic E-state index is 0.112. The van der Waals surface area contributed by atoms with Crippen molar-refractivity contribution in [3.8, 4) is 0 Å². The Bertz CT molecular complexity index is 625. The number of nitro groups is 1. The van der Waals surface area contributed by atoms with E-state index in [1.807, 2.05) is 24.3 Å². The summed E-state index contributed by atoms with van der Waals surface area (Å²) in [5, 5.41) is 15.8. The van der Waals surface area contributed by atoms with Gasteiger partial charge in [0, 0.05) is 15.7 Å². The van der Waals surface area contributed by atoms with E-state index in [2.05, 4.69) is 5.10 Å². The standard InChI is InChI=1S/C13H14ClN3O2S/c1-9-13(17(18)19)10(2)16(15-9)7-8-20-12-5-3-11(14)4-6-12/h3-6H,7-8H2,1-2H3. The molecule has 7 heteroatoms. The van der Waals surface area contributed by atoms with Crippen molar-refractivity contribution in [1.82, 2.24) is 9.78 Å². The zero-order valence-corrected chi connectivity index (χ0v) is 12.7. The summed E-state index contributed by atoms with van der Waals surface area (Å²) in [6, 6.07) is 7.60. The predicted molar refractivity (Wildman–Crippen MR) is 80.5 cm³/mol. The second-order valence-corrected chi connectivity index (χ2v) is 5.91. The molecule has 0 radical (unpaired) electrons. The van der Waals surface area contributed by atoms with Crippen LogP contribution in [0, 0.1) is 24.0 Å². The number of aromatic nitrogens is 2. The summed E-state index contributed by atoms with van der Waals surface area (Å²) in [5.74, 6) is 0.792. The Morgan fingerprint density at radius 3 is 2.55 bits per heavy atom. The first kappa shape index (κ1) is 14.9. The second-order valence-electron chi connectivity index (χ2n) is 4.30. The summed E-state index contributed by atoms with van der Waals surface area (Å²) in [5.41, 5.74) is 1.18. The average molecular weight is 312 g/mol. The third kappa shape index (κ3) is 3.32. The first-order chi connectivity index (χ1) is 9.49. The minimum Gasteiger partial charge on any atom is -0.262 e. The molecular formula is C13H14ClN3O2S. The van der Waals surface area contributed by atoms with Gasteiger partial charge in [-0.15, -0.1) is 11.8 Å². The fraction of sp³-hybridized carbons (Fsp3) is 0.308. The molecule has 106 valence electrons. The third-order valence-corrected chi connectivity index (χ3v) is 4.16. The molecule has 0 saturated carbocycles. The molecule has 5 nitrogen and oxygen atoms in total. The molecule has 0 atom stereocenters. The van der Waals surface area contributed by atoms with Gasteiger partial charge in [0.05, 0.1) is 11.5 Å². The lowest BCUT2D eigenvalue weighted by molar-refractivity contribution is -0.386. The molecule has 1 aromatic carbocycles. The quantitative estimate of drug-likeness (QED) is 0.478. The molecule has 0 aliphatic heterocycles. The highest BCUT2D eigenvalue weighted by molar-refractivity contribution is 7.99. The Kier molecular flexibility index (Phi) is 4.67. The van der Waals surface area contributed by atoms with Crippen LogP contribution in [0.1, 0.15) is 11.4 Å². The first-order valence-corrected chi connectivity index (χ1v) is 7.42. The van der Waals surface area contributed by atoms with Crippen molar-refractivity contribution in [2.75, 3.05) is 5.75 Å². The van der Waals surface area contributed by atoms with E-state index < -0.39 is 0 Å². The molecule has 0 fully saturated rings. The van der Waals surface area contributed by atoms with Crippen LogP contribution in [-0.4, -0.2) is 20.5 Å². The lowest BCUT2D eigenvalue weighted by Gasteiger charge is -2.04. The van der Waals surface area contributed by atoms with Gasteiger partial charge in [0.1, 0.15) is 11.4 Å². The Hall–Kier alpha value is -1.53. The zero-order valence-electron chi connectivity index (χ0n) is 11.2. The molecule has 20 heavy (non-hydrogen) atoms. The van der Waals surface area contributed by atoms with Crippen molar-refractivity contribution in [2.45, 2.75) is 25.3 Å². The molecule has 1 heterocycles. The summed E-state index contributed by atoms with van der Waals surface area (Å²) < 4.78 is 1.69. The van der Waals surface area contributed by atoms with Crippen molar-refractivity contribution < 1.29 is 4.92 Å². The lowest BCUT2D eigenvalue weighted by Crippen LogP contribution is -2.05. The average Bonchev–Trinajstić information content (AvgIpc) is 2.67. The largest absolute Gasteiger partial charge is 0.312 e. The second kappa shape index (κ2) is 6.28. The molecule has 0 aliphatic carbocycles. The fourth-order valence-corrected chi connectivity index (χ4v) is 2.90. The van der Waals surface area contributed by atoms with E-state index in [0.29, 0.717) is 23.0 Å². The Morgan fingerprint density at radius 2 is 2.00 bits per heavy atom. The van der Waals surface area contributed by atoms with Crippen molar-refractivity contribution in [1.29, 1.82) is 0 Å². The number of aryl methyl sites for hydroxylation is 2. The Labute approximate surface area is 126 Å². The van der Waals surface area contributed by atoms with Gasteiger partial charge < -0.3 is 0 Å². The molecular weight excluding hydrogens is 298 g/mol. The van der Waals surface area contributed by atoms with Gasteiger partial charge in [-0.3, -0.25) is 14.8 Å². The molecule has 0 N–H and O–H groups in total. The molecule has 0 aliphatic rings. The lowest BCUT2D eigenvalue weighted by atomic mass is 10.3. The van der Waals surface area contributed by atoms with Crippen LogP contribution in [-0.2, 0) is 6.54 Å². The molecule has 0 unspecified atom stereocenters. The van der Waals surface area contributed by atoms with Gasteiger partial charge in [-0.2, -0.15) is 5.10 Å². The summed E-state index contributed by atoms with van der Waals surface area (Å²) >= 11 is 7.49. The number of hydrogen-bond acceptors (Lipinski definition) is 4. The minimum atomic E-state index is -0.374. The third-order valence-electron chi connectivity index (χ3n) is 2.91. The SMILES string of the molecule is Cc1nn(CCSc2ccc(Cl)cc2)c(C)c1[N+](=O)[O-]. The first-order valence-electron chi connectivity index (χ1n) is 6.06. The molecule has 0 saturated heterocycles. The number of rotatable bonds is 5. The van der Waals surface area contributed by atoms with Gasteiger partial charge in [0.15, 0.2) is 0 Å². The van der Waals surface area contributed by atoms with Crippen molar-refractivity contribution >= 4 is 29.1 Å². The number of hydrogen-bond donors (Lipinski definition) is 0. The van der Waals surface area contributed by atoms with Gasteiger partial charge >= 0.3 is 5.69 Å². The summed E-state index contributed by atoms with van der Waals surface area (Å²) in [6.45, 7) is 4.02. The van der Waals surface area contributed by atoms with E-state index in [4.69, 9.17) is 11.6 Å². The van der Waals surface area contributed by atoms with Crippen LogP contribution in [0.5, 0.6) is 0 Å². The van der Waals surface area contributed by atoms with Gasteiger partial charge in [-0.25, -0.2) is 0 Å². The molecule has 0 spiro atoms. The highest BCUT2D eigenvalue weighted by Crippen LogP contribution is 2.24. The van der Waals surface area contributed by atoms with Gasteiger partial charge in [-0.1, -0.05) is 11.6 Å². The van der Waals surface area contributed by atoms with E-state index >= 15 is 0 Å². The van der Waals surface area contributed by atoms with E-state index in [1.54, 1.807) is 30.3 Å². The van der Waals surface area contributed by atoms with Crippen LogP contribution >= 0.6 is 23.4 Å². The van der Waals surface area contributed by atoms with Crippen molar-refractivity contribution in [3.63, 3.8) is 0 Å². The summed E-state index contributed by atoms with van der Waals surface area (Å²) in [4.78, 5) is 11.7. The zero-order chi connectivity index (χ0) is 14.7. The van der Waals surface area contributed by atoms with Gasteiger partial charge in [-0.05, 0) is 38.1 Å². The summed E-state index contributed by atoms with van der Waals surface area (Å²) in [7, 11) is 0. The van der Waals surface area contributed by atoms with Crippen LogP contribution in [0.15, 0.2) is 29.2 Å². The smallest absolute Gasteiger partial charge is 0.262 e. The normalized spacial score (nSPS) is 10.8. The molecule has 2 rings (SSSR count). The number of thioether (sulfide) groups is 1. The van der Waals surface area contributed by atoms with Gasteiger partial charge in [0.2, 0.25) is 0 Å². The highest BCUT2D eigenvalue weighted by atomic mass is 35.5. The monoisotopic (exact) mass is 311 g/mol. The Morgan fingerprint density at radius 1 is 1.35 bits per heavy atom. The van der Waals surface area contributed by atoms with E-state index in [-0.39, 0.29) is 10.6 Å². The topological polar surface area (TPSA) is 61.0 Å². The predicted octanol–water partition coefficient (Wildman–Crippen LogP) is 3.85. The Balaban J connectivity index is 1.99. The number of benzene rings is 1. The van der Waals surface area contributed by atoms with E-state index in [0.717, 1.165) is 10.6 Å².